The molecule has 3 rings (SSSR count). The first-order valence-electron chi connectivity index (χ1n) is 10.5. The molecule has 1 unspecified atom stereocenters. The van der Waals surface area contributed by atoms with Crippen LogP contribution in [0.4, 0.5) is 5.69 Å². The summed E-state index contributed by atoms with van der Waals surface area (Å²) in [6.07, 6.45) is 1.40. The van der Waals surface area contributed by atoms with E-state index in [9.17, 15) is 4.79 Å². The van der Waals surface area contributed by atoms with Crippen molar-refractivity contribution in [3.63, 3.8) is 0 Å². The highest BCUT2D eigenvalue weighted by Crippen LogP contribution is 2.28. The Hall–Kier alpha value is -2.97. The molecule has 0 radical (unpaired) electrons. The fourth-order valence-corrected chi connectivity index (χ4v) is 4.00. The highest BCUT2D eigenvalue weighted by Gasteiger charge is 2.20. The molecule has 1 aromatic heterocycles. The van der Waals surface area contributed by atoms with Crippen molar-refractivity contribution < 1.29 is 14.3 Å². The summed E-state index contributed by atoms with van der Waals surface area (Å²) in [5.41, 5.74) is 1.57. The van der Waals surface area contributed by atoms with Gasteiger partial charge in [-0.05, 0) is 56.7 Å². The number of carbonyl (C=O) groups is 1. The third-order valence-electron chi connectivity index (χ3n) is 4.66. The lowest BCUT2D eigenvalue weighted by molar-refractivity contribution is -0.113. The van der Waals surface area contributed by atoms with Crippen molar-refractivity contribution in [3.8, 4) is 11.5 Å². The first-order chi connectivity index (χ1) is 15.9. The molecule has 0 spiro atoms. The SMILES string of the molecule is C=CCn1c(SCC(=O)Nc2ccccc2OCC)nnc1C(C)Oc1ccc(Cl)c(C)c1. The zero-order chi connectivity index (χ0) is 23.8. The van der Waals surface area contributed by atoms with Crippen molar-refractivity contribution in [3.05, 3.63) is 71.5 Å². The molecular weight excluding hydrogens is 460 g/mol. The Labute approximate surface area is 203 Å². The van der Waals surface area contributed by atoms with Gasteiger partial charge < -0.3 is 14.8 Å². The molecule has 7 nitrogen and oxygen atoms in total. The van der Waals surface area contributed by atoms with Gasteiger partial charge in [0.05, 0.1) is 18.0 Å². The number of rotatable bonds is 11. The predicted octanol–water partition coefficient (Wildman–Crippen LogP) is 5.70. The van der Waals surface area contributed by atoms with E-state index < -0.39 is 0 Å². The minimum Gasteiger partial charge on any atom is -0.492 e. The summed E-state index contributed by atoms with van der Waals surface area (Å²) in [5.74, 6) is 1.98. The van der Waals surface area contributed by atoms with Gasteiger partial charge in [-0.1, -0.05) is 41.6 Å². The molecule has 174 valence electrons. The Kier molecular flexibility index (Phi) is 8.79. The molecule has 3 aromatic rings. The molecule has 0 aliphatic heterocycles. The molecule has 33 heavy (non-hydrogen) atoms. The molecule has 1 N–H and O–H groups in total. The van der Waals surface area contributed by atoms with Crippen LogP contribution in [-0.4, -0.2) is 33.0 Å². The molecular formula is C24H27ClN4O3S. The molecule has 2 aromatic carbocycles. The molecule has 0 saturated carbocycles. The number of anilines is 1. The van der Waals surface area contributed by atoms with E-state index in [0.29, 0.717) is 46.3 Å². The van der Waals surface area contributed by atoms with E-state index in [2.05, 4.69) is 22.1 Å². The van der Waals surface area contributed by atoms with Gasteiger partial charge in [0.2, 0.25) is 5.91 Å². The van der Waals surface area contributed by atoms with E-state index >= 15 is 0 Å². The zero-order valence-corrected chi connectivity index (χ0v) is 20.4. The number of allylic oxidation sites excluding steroid dienone is 1. The summed E-state index contributed by atoms with van der Waals surface area (Å²) in [6, 6.07) is 12.8. The maximum absolute atomic E-state index is 12.6. The van der Waals surface area contributed by atoms with Gasteiger partial charge in [-0.3, -0.25) is 9.36 Å². The van der Waals surface area contributed by atoms with Crippen molar-refractivity contribution in [1.29, 1.82) is 0 Å². The fourth-order valence-electron chi connectivity index (χ4n) is 3.12. The highest BCUT2D eigenvalue weighted by atomic mass is 35.5. The van der Waals surface area contributed by atoms with Crippen LogP contribution < -0.4 is 14.8 Å². The molecule has 0 bridgehead atoms. The largest absolute Gasteiger partial charge is 0.492 e. The number of aromatic nitrogens is 3. The van der Waals surface area contributed by atoms with Crippen LogP contribution in [0.2, 0.25) is 5.02 Å². The predicted molar refractivity (Wildman–Crippen MR) is 132 cm³/mol. The van der Waals surface area contributed by atoms with Crippen LogP contribution in [0, 0.1) is 6.92 Å². The van der Waals surface area contributed by atoms with E-state index in [4.69, 9.17) is 21.1 Å². The number of carbonyl (C=O) groups excluding carboxylic acids is 1. The molecule has 0 aliphatic rings. The van der Waals surface area contributed by atoms with Crippen molar-refractivity contribution >= 4 is 35.0 Å². The van der Waals surface area contributed by atoms with Crippen LogP contribution in [0.1, 0.15) is 31.3 Å². The van der Waals surface area contributed by atoms with Crippen molar-refractivity contribution in [1.82, 2.24) is 14.8 Å². The van der Waals surface area contributed by atoms with Crippen LogP contribution >= 0.6 is 23.4 Å². The summed E-state index contributed by atoms with van der Waals surface area (Å²) in [6.45, 7) is 10.6. The smallest absolute Gasteiger partial charge is 0.234 e. The van der Waals surface area contributed by atoms with Gasteiger partial charge in [0.1, 0.15) is 11.5 Å². The lowest BCUT2D eigenvalue weighted by Gasteiger charge is -2.16. The molecule has 9 heteroatoms. The van der Waals surface area contributed by atoms with E-state index in [0.717, 1.165) is 5.56 Å². The van der Waals surface area contributed by atoms with Crippen LogP contribution in [0.3, 0.4) is 0 Å². The molecule has 1 atom stereocenters. The molecule has 0 fully saturated rings. The highest BCUT2D eigenvalue weighted by molar-refractivity contribution is 7.99. The Balaban J connectivity index is 1.68. The minimum absolute atomic E-state index is 0.164. The first kappa shape index (κ1) is 24.7. The number of ether oxygens (including phenoxy) is 2. The quantitative estimate of drug-likeness (QED) is 0.277. The minimum atomic E-state index is -0.362. The van der Waals surface area contributed by atoms with Crippen molar-refractivity contribution in [2.45, 2.75) is 38.6 Å². The molecule has 0 aliphatic carbocycles. The Morgan fingerprint density at radius 1 is 1.30 bits per heavy atom. The zero-order valence-electron chi connectivity index (χ0n) is 18.9. The topological polar surface area (TPSA) is 78.3 Å². The third-order valence-corrected chi connectivity index (χ3v) is 6.05. The number of halogens is 1. The second kappa shape index (κ2) is 11.8. The van der Waals surface area contributed by atoms with E-state index in [-0.39, 0.29) is 17.8 Å². The Bertz CT molecular complexity index is 1120. The second-order valence-electron chi connectivity index (χ2n) is 7.18. The lowest BCUT2D eigenvalue weighted by Crippen LogP contribution is -2.16. The lowest BCUT2D eigenvalue weighted by atomic mass is 10.2. The number of nitrogens with one attached hydrogen (secondary N) is 1. The monoisotopic (exact) mass is 486 g/mol. The van der Waals surface area contributed by atoms with E-state index in [1.807, 2.05) is 61.7 Å². The van der Waals surface area contributed by atoms with Crippen molar-refractivity contribution in [2.24, 2.45) is 0 Å². The average molecular weight is 487 g/mol. The van der Waals surface area contributed by atoms with Crippen molar-refractivity contribution in [2.75, 3.05) is 17.7 Å². The summed E-state index contributed by atoms with van der Waals surface area (Å²) in [4.78, 5) is 12.6. The number of thioether (sulfide) groups is 1. The number of hydrogen-bond acceptors (Lipinski definition) is 6. The Morgan fingerprint density at radius 2 is 2.09 bits per heavy atom. The van der Waals surface area contributed by atoms with Gasteiger partial charge in [0, 0.05) is 11.6 Å². The fraction of sp³-hybridized carbons (Fsp3) is 0.292. The summed E-state index contributed by atoms with van der Waals surface area (Å²) in [7, 11) is 0. The standard InChI is InChI=1S/C24H27ClN4O3S/c1-5-13-29-23(17(4)32-18-11-12-19(25)16(3)14-18)27-28-24(29)33-15-22(30)26-20-9-7-8-10-21(20)31-6-2/h5,7-12,14,17H,1,6,13,15H2,2-4H3,(H,26,30). The maximum Gasteiger partial charge on any atom is 0.234 e. The summed E-state index contributed by atoms with van der Waals surface area (Å²) >= 11 is 7.40. The van der Waals surface area contributed by atoms with Gasteiger partial charge in [0.25, 0.3) is 0 Å². The van der Waals surface area contributed by atoms with Crippen LogP contribution in [-0.2, 0) is 11.3 Å². The van der Waals surface area contributed by atoms with Gasteiger partial charge in [-0.2, -0.15) is 0 Å². The van der Waals surface area contributed by atoms with E-state index in [1.165, 1.54) is 11.8 Å². The third kappa shape index (κ3) is 6.52. The number of nitrogens with zero attached hydrogens (tertiary/aromatic N) is 3. The number of benzene rings is 2. The normalized spacial score (nSPS) is 11.6. The summed E-state index contributed by atoms with van der Waals surface area (Å²) in [5, 5.41) is 12.8. The first-order valence-corrected chi connectivity index (χ1v) is 11.9. The number of amides is 1. The molecule has 0 saturated heterocycles. The molecule has 1 amide bonds. The van der Waals surface area contributed by atoms with Crippen LogP contribution in [0.5, 0.6) is 11.5 Å². The average Bonchev–Trinajstić information content (AvgIpc) is 3.19. The van der Waals surface area contributed by atoms with Crippen LogP contribution in [0.25, 0.3) is 0 Å². The van der Waals surface area contributed by atoms with Gasteiger partial charge in [-0.25, -0.2) is 0 Å². The number of hydrogen-bond donors (Lipinski definition) is 1. The van der Waals surface area contributed by atoms with Gasteiger partial charge >= 0.3 is 0 Å². The Morgan fingerprint density at radius 3 is 2.82 bits per heavy atom. The van der Waals surface area contributed by atoms with E-state index in [1.54, 1.807) is 12.1 Å². The summed E-state index contributed by atoms with van der Waals surface area (Å²) < 4.78 is 13.5. The maximum atomic E-state index is 12.6. The van der Waals surface area contributed by atoms with Crippen LogP contribution in [0.15, 0.2) is 60.3 Å². The van der Waals surface area contributed by atoms with Gasteiger partial charge in [0.15, 0.2) is 17.1 Å². The second-order valence-corrected chi connectivity index (χ2v) is 8.53. The van der Waals surface area contributed by atoms with Gasteiger partial charge in [-0.15, -0.1) is 16.8 Å². The molecule has 1 heterocycles. The number of aryl methyl sites for hydroxylation is 1. The number of para-hydroxylation sites is 2.